The summed E-state index contributed by atoms with van der Waals surface area (Å²) < 4.78 is 4.74. The number of carboxylic acids is 1. The lowest BCUT2D eigenvalue weighted by Crippen LogP contribution is -2.12. The van der Waals surface area contributed by atoms with Crippen LogP contribution in [0.1, 0.15) is 24.0 Å². The molecule has 4 nitrogen and oxygen atoms in total. The van der Waals surface area contributed by atoms with Crippen LogP contribution in [0, 0.1) is 0 Å². The minimum absolute atomic E-state index is 0.0441. The number of hydrogen-bond acceptors (Lipinski definition) is 3. The lowest BCUT2D eigenvalue weighted by molar-refractivity contribution is -0.142. The summed E-state index contributed by atoms with van der Waals surface area (Å²) in [5.41, 5.74) is 1.54. The van der Waals surface area contributed by atoms with Crippen LogP contribution in [-0.4, -0.2) is 24.2 Å². The Bertz CT molecular complexity index is 607. The molecule has 0 aliphatic carbocycles. The van der Waals surface area contributed by atoms with Crippen molar-refractivity contribution in [1.82, 2.24) is 0 Å². The molecule has 21 heavy (non-hydrogen) atoms. The van der Waals surface area contributed by atoms with E-state index in [1.54, 1.807) is 6.92 Å². The minimum atomic E-state index is -0.874. The number of methoxy groups -OCH3 is 1. The van der Waals surface area contributed by atoms with Crippen molar-refractivity contribution in [2.45, 2.75) is 24.2 Å². The molecule has 1 atom stereocenters. The smallest absolute Gasteiger partial charge is 0.312 e. The molecule has 2 rings (SSSR count). The van der Waals surface area contributed by atoms with Crippen LogP contribution >= 0.6 is 10.9 Å². The molecule has 0 saturated heterocycles. The van der Waals surface area contributed by atoms with Crippen LogP contribution in [0.15, 0.2) is 46.1 Å². The first-order valence-electron chi connectivity index (χ1n) is 6.58. The van der Waals surface area contributed by atoms with Gasteiger partial charge < -0.3 is 9.84 Å². The van der Waals surface area contributed by atoms with Crippen molar-refractivity contribution in [3.05, 3.63) is 52.3 Å². The molecule has 1 aromatic carbocycles. The lowest BCUT2D eigenvalue weighted by Gasteiger charge is -2.18. The van der Waals surface area contributed by atoms with Gasteiger partial charge in [-0.25, -0.2) is 0 Å². The Kier molecular flexibility index (Phi) is 4.85. The number of esters is 1. The van der Waals surface area contributed by atoms with Gasteiger partial charge in [0.1, 0.15) is 0 Å². The molecule has 1 N–H and O–H groups in total. The summed E-state index contributed by atoms with van der Waals surface area (Å²) in [5.74, 6) is -1.60. The van der Waals surface area contributed by atoms with E-state index in [2.05, 4.69) is 10.8 Å². The van der Waals surface area contributed by atoms with Gasteiger partial charge in [-0.3, -0.25) is 9.59 Å². The summed E-state index contributed by atoms with van der Waals surface area (Å²) in [7, 11) is 0.767. The molecule has 0 aromatic heterocycles. The number of aliphatic carboxylic acids is 1. The molecule has 5 heteroatoms. The van der Waals surface area contributed by atoms with Crippen molar-refractivity contribution in [3.63, 3.8) is 0 Å². The summed E-state index contributed by atoms with van der Waals surface area (Å²) in [6, 6.07) is 5.62. The summed E-state index contributed by atoms with van der Waals surface area (Å²) >= 11 is 0. The van der Waals surface area contributed by atoms with E-state index >= 15 is 0 Å². The van der Waals surface area contributed by atoms with Gasteiger partial charge in [-0.2, -0.15) is 10.9 Å². The number of benzene rings is 1. The second-order valence-electron chi connectivity index (χ2n) is 4.79. The molecule has 0 amide bonds. The van der Waals surface area contributed by atoms with E-state index in [-0.39, 0.29) is 12.4 Å². The average molecular weight is 306 g/mol. The summed E-state index contributed by atoms with van der Waals surface area (Å²) in [5, 5.41) is 13.3. The molecule has 0 saturated carbocycles. The number of rotatable bonds is 5. The largest absolute Gasteiger partial charge is 0.481 e. The SMILES string of the molecule is COC(=O)C(C)c1ccc([SH]2C=CC=C2)c(CC(=O)O)c1. The van der Waals surface area contributed by atoms with Crippen LogP contribution in [0.5, 0.6) is 0 Å². The van der Waals surface area contributed by atoms with Gasteiger partial charge in [0.05, 0.1) is 19.4 Å². The van der Waals surface area contributed by atoms with Crippen LogP contribution in [0.2, 0.25) is 0 Å². The van der Waals surface area contributed by atoms with Crippen LogP contribution in [0.4, 0.5) is 0 Å². The predicted molar refractivity (Wildman–Crippen MR) is 83.7 cm³/mol. The molecule has 1 aliphatic heterocycles. The fraction of sp³-hybridized carbons (Fsp3) is 0.250. The number of carbonyl (C=O) groups excluding carboxylic acids is 1. The number of thiol groups is 1. The van der Waals surface area contributed by atoms with E-state index < -0.39 is 22.8 Å². The molecule has 0 fully saturated rings. The number of allylic oxidation sites excluding steroid dienone is 2. The van der Waals surface area contributed by atoms with Gasteiger partial charge in [-0.1, -0.05) is 24.3 Å². The van der Waals surface area contributed by atoms with Gasteiger partial charge in [0.15, 0.2) is 0 Å². The molecule has 1 heterocycles. The van der Waals surface area contributed by atoms with Gasteiger partial charge in [0.25, 0.3) is 0 Å². The first-order valence-corrected chi connectivity index (χ1v) is 8.06. The van der Waals surface area contributed by atoms with E-state index in [1.165, 1.54) is 7.11 Å². The lowest BCUT2D eigenvalue weighted by atomic mass is 9.98. The topological polar surface area (TPSA) is 63.6 Å². The highest BCUT2D eigenvalue weighted by atomic mass is 32.2. The van der Waals surface area contributed by atoms with Gasteiger partial charge >= 0.3 is 11.9 Å². The fourth-order valence-electron chi connectivity index (χ4n) is 2.24. The molecule has 1 aliphatic rings. The second kappa shape index (κ2) is 6.63. The third-order valence-corrected chi connectivity index (χ3v) is 5.36. The highest BCUT2D eigenvalue weighted by Gasteiger charge is 2.19. The van der Waals surface area contributed by atoms with E-state index in [0.717, 1.165) is 16.0 Å². The zero-order chi connectivity index (χ0) is 15.4. The molecule has 0 radical (unpaired) electrons. The van der Waals surface area contributed by atoms with E-state index in [4.69, 9.17) is 9.84 Å². The standard InChI is InChI=1S/C16H18O4S/c1-11(16(19)20-2)12-5-6-14(21-7-3-4-8-21)13(9-12)10-15(17)18/h3-9,11,21H,10H2,1-2H3,(H,17,18). The van der Waals surface area contributed by atoms with Crippen LogP contribution in [0.25, 0.3) is 0 Å². The third kappa shape index (κ3) is 3.55. The Morgan fingerprint density at radius 2 is 1.95 bits per heavy atom. The molecule has 1 unspecified atom stereocenters. The fourth-order valence-corrected chi connectivity index (χ4v) is 3.95. The van der Waals surface area contributed by atoms with E-state index in [9.17, 15) is 9.59 Å². The zero-order valence-corrected chi connectivity index (χ0v) is 12.8. The summed E-state index contributed by atoms with van der Waals surface area (Å²) in [6.07, 6.45) is 3.90. The van der Waals surface area contributed by atoms with Crippen molar-refractivity contribution < 1.29 is 19.4 Å². The minimum Gasteiger partial charge on any atom is -0.481 e. The van der Waals surface area contributed by atoms with Gasteiger partial charge in [-0.15, -0.1) is 0 Å². The highest BCUT2D eigenvalue weighted by molar-refractivity contribution is 8.22. The van der Waals surface area contributed by atoms with Gasteiger partial charge in [-0.05, 0) is 39.8 Å². The van der Waals surface area contributed by atoms with E-state index in [1.807, 2.05) is 30.4 Å². The first kappa shape index (κ1) is 15.4. The molecular weight excluding hydrogens is 288 g/mol. The molecule has 1 aromatic rings. The highest BCUT2D eigenvalue weighted by Crippen LogP contribution is 2.44. The number of hydrogen-bond donors (Lipinski definition) is 2. The maximum absolute atomic E-state index is 11.6. The Balaban J connectivity index is 2.39. The normalized spacial score (nSPS) is 16.0. The van der Waals surface area contributed by atoms with Crippen LogP contribution in [-0.2, 0) is 20.7 Å². The number of carbonyl (C=O) groups is 2. The molecular formula is C16H18O4S. The van der Waals surface area contributed by atoms with Crippen LogP contribution < -0.4 is 0 Å². The predicted octanol–water partition coefficient (Wildman–Crippen LogP) is 2.99. The van der Waals surface area contributed by atoms with Gasteiger partial charge in [0, 0.05) is 0 Å². The Morgan fingerprint density at radius 1 is 1.29 bits per heavy atom. The number of carboxylic acid groups (broad SMARTS) is 1. The van der Waals surface area contributed by atoms with Crippen molar-refractivity contribution in [3.8, 4) is 0 Å². The Hall–Kier alpha value is -2.01. The van der Waals surface area contributed by atoms with Crippen molar-refractivity contribution in [1.29, 1.82) is 0 Å². The zero-order valence-electron chi connectivity index (χ0n) is 11.9. The van der Waals surface area contributed by atoms with Crippen molar-refractivity contribution in [2.75, 3.05) is 7.11 Å². The Morgan fingerprint density at radius 3 is 2.52 bits per heavy atom. The van der Waals surface area contributed by atoms with Crippen LogP contribution in [0.3, 0.4) is 0 Å². The average Bonchev–Trinajstić information content (AvgIpc) is 2.99. The second-order valence-corrected chi connectivity index (χ2v) is 6.69. The maximum atomic E-state index is 11.6. The first-order chi connectivity index (χ1) is 10.0. The molecule has 0 bridgehead atoms. The number of ether oxygens (including phenoxy) is 1. The van der Waals surface area contributed by atoms with E-state index in [0.29, 0.717) is 0 Å². The summed E-state index contributed by atoms with van der Waals surface area (Å²) in [4.78, 5) is 23.7. The maximum Gasteiger partial charge on any atom is 0.312 e. The molecule has 0 spiro atoms. The van der Waals surface area contributed by atoms with Gasteiger partial charge in [0.2, 0.25) is 0 Å². The monoisotopic (exact) mass is 306 g/mol. The van der Waals surface area contributed by atoms with Crippen molar-refractivity contribution in [2.24, 2.45) is 0 Å². The third-order valence-electron chi connectivity index (χ3n) is 3.38. The quantitative estimate of drug-likeness (QED) is 0.648. The Labute approximate surface area is 126 Å². The van der Waals surface area contributed by atoms with Crippen molar-refractivity contribution >= 4 is 22.8 Å². The molecule has 112 valence electrons. The summed E-state index contributed by atoms with van der Waals surface area (Å²) in [6.45, 7) is 1.76.